The summed E-state index contributed by atoms with van der Waals surface area (Å²) >= 11 is 0. The topological polar surface area (TPSA) is 93.4 Å². The second-order valence-electron chi connectivity index (χ2n) is 5.38. The van der Waals surface area contributed by atoms with Gasteiger partial charge in [-0.15, -0.1) is 0 Å². The van der Waals surface area contributed by atoms with Crippen molar-refractivity contribution in [2.75, 3.05) is 31.6 Å². The molecule has 1 fully saturated rings. The largest absolute Gasteiger partial charge is 0.378 e. The molecule has 0 spiro atoms. The van der Waals surface area contributed by atoms with Crippen LogP contribution in [0.15, 0.2) is 22.9 Å². The van der Waals surface area contributed by atoms with E-state index in [2.05, 4.69) is 20.4 Å². The van der Waals surface area contributed by atoms with Gasteiger partial charge in [-0.2, -0.15) is 4.98 Å². The standard InChI is InChI=1S/C15H19N5O3/c1-10(15(21)20-5-7-22-8-6-20)17-13-9-12(3-4-16-13)14-18-11(2)19-23-14/h3-4,9-10H,5-8H2,1-2H3,(H,16,17). The predicted molar refractivity (Wildman–Crippen MR) is 82.7 cm³/mol. The van der Waals surface area contributed by atoms with Gasteiger partial charge in [0, 0.05) is 24.8 Å². The van der Waals surface area contributed by atoms with Gasteiger partial charge in [-0.3, -0.25) is 4.79 Å². The second-order valence-corrected chi connectivity index (χ2v) is 5.38. The molecule has 2 aromatic rings. The van der Waals surface area contributed by atoms with Crippen molar-refractivity contribution in [2.24, 2.45) is 0 Å². The molecule has 0 radical (unpaired) electrons. The molecular formula is C15H19N5O3. The normalized spacial score (nSPS) is 16.2. The van der Waals surface area contributed by atoms with Gasteiger partial charge in [-0.25, -0.2) is 4.98 Å². The Morgan fingerprint density at radius 2 is 2.17 bits per heavy atom. The Kier molecular flexibility index (Phi) is 4.52. The number of rotatable bonds is 4. The molecule has 0 aliphatic carbocycles. The summed E-state index contributed by atoms with van der Waals surface area (Å²) in [5.74, 6) is 1.63. The van der Waals surface area contributed by atoms with E-state index in [-0.39, 0.29) is 11.9 Å². The van der Waals surface area contributed by atoms with Crippen molar-refractivity contribution < 1.29 is 14.1 Å². The lowest BCUT2D eigenvalue weighted by molar-refractivity contribution is -0.135. The van der Waals surface area contributed by atoms with Crippen LogP contribution >= 0.6 is 0 Å². The first-order chi connectivity index (χ1) is 11.1. The zero-order valence-corrected chi connectivity index (χ0v) is 13.2. The molecule has 1 atom stereocenters. The Labute approximate surface area is 133 Å². The third-order valence-corrected chi connectivity index (χ3v) is 3.59. The van der Waals surface area contributed by atoms with Gasteiger partial charge < -0.3 is 19.5 Å². The van der Waals surface area contributed by atoms with Crippen LogP contribution in [0.4, 0.5) is 5.82 Å². The van der Waals surface area contributed by atoms with Crippen molar-refractivity contribution in [2.45, 2.75) is 19.9 Å². The quantitative estimate of drug-likeness (QED) is 0.902. The molecule has 3 rings (SSSR count). The van der Waals surface area contributed by atoms with Crippen molar-refractivity contribution >= 4 is 11.7 Å². The van der Waals surface area contributed by atoms with Crippen LogP contribution in [0.5, 0.6) is 0 Å². The van der Waals surface area contributed by atoms with Gasteiger partial charge in [0.25, 0.3) is 5.89 Å². The molecular weight excluding hydrogens is 298 g/mol. The van der Waals surface area contributed by atoms with Crippen LogP contribution in [-0.4, -0.2) is 58.3 Å². The first-order valence-corrected chi connectivity index (χ1v) is 7.53. The van der Waals surface area contributed by atoms with Gasteiger partial charge in [-0.05, 0) is 26.0 Å². The number of hydrogen-bond acceptors (Lipinski definition) is 7. The number of nitrogens with zero attached hydrogens (tertiary/aromatic N) is 4. The Morgan fingerprint density at radius 3 is 2.87 bits per heavy atom. The fraction of sp³-hybridized carbons (Fsp3) is 0.467. The van der Waals surface area contributed by atoms with E-state index < -0.39 is 0 Å². The van der Waals surface area contributed by atoms with Crippen LogP contribution in [0.3, 0.4) is 0 Å². The summed E-state index contributed by atoms with van der Waals surface area (Å²) in [6.45, 7) is 6.00. The lowest BCUT2D eigenvalue weighted by atomic mass is 10.2. The monoisotopic (exact) mass is 317 g/mol. The van der Waals surface area contributed by atoms with Gasteiger partial charge >= 0.3 is 0 Å². The molecule has 2 aromatic heterocycles. The predicted octanol–water partition coefficient (Wildman–Crippen LogP) is 1.10. The molecule has 1 N–H and O–H groups in total. The number of nitrogens with one attached hydrogen (secondary N) is 1. The summed E-state index contributed by atoms with van der Waals surface area (Å²) in [6, 6.07) is 3.20. The molecule has 1 saturated heterocycles. The van der Waals surface area contributed by atoms with Crippen molar-refractivity contribution in [3.8, 4) is 11.5 Å². The highest BCUT2D eigenvalue weighted by Gasteiger charge is 2.22. The lowest BCUT2D eigenvalue weighted by Gasteiger charge is -2.29. The number of morpholine rings is 1. The highest BCUT2D eigenvalue weighted by molar-refractivity contribution is 5.84. The average Bonchev–Trinajstić information content (AvgIpc) is 3.02. The van der Waals surface area contributed by atoms with E-state index in [9.17, 15) is 4.79 Å². The minimum Gasteiger partial charge on any atom is -0.378 e. The van der Waals surface area contributed by atoms with Crippen molar-refractivity contribution in [1.82, 2.24) is 20.0 Å². The Morgan fingerprint density at radius 1 is 1.39 bits per heavy atom. The first-order valence-electron chi connectivity index (χ1n) is 7.53. The van der Waals surface area contributed by atoms with Crippen LogP contribution < -0.4 is 5.32 Å². The minimum absolute atomic E-state index is 0.0362. The molecule has 1 aliphatic rings. The van der Waals surface area contributed by atoms with E-state index in [1.165, 1.54) is 0 Å². The molecule has 8 heteroatoms. The SMILES string of the molecule is Cc1noc(-c2ccnc(NC(C)C(=O)N3CCOCC3)c2)n1. The number of ether oxygens (including phenoxy) is 1. The smallest absolute Gasteiger partial charge is 0.258 e. The molecule has 3 heterocycles. The Bertz CT molecular complexity index is 681. The maximum absolute atomic E-state index is 12.4. The second kappa shape index (κ2) is 6.74. The van der Waals surface area contributed by atoms with E-state index in [1.807, 2.05) is 6.92 Å². The molecule has 23 heavy (non-hydrogen) atoms. The number of pyridine rings is 1. The number of anilines is 1. The van der Waals surface area contributed by atoms with Crippen molar-refractivity contribution in [3.05, 3.63) is 24.2 Å². The Balaban J connectivity index is 1.68. The zero-order valence-electron chi connectivity index (χ0n) is 13.2. The van der Waals surface area contributed by atoms with E-state index in [0.29, 0.717) is 43.8 Å². The molecule has 1 amide bonds. The van der Waals surface area contributed by atoms with Gasteiger partial charge in [0.05, 0.1) is 13.2 Å². The summed E-state index contributed by atoms with van der Waals surface area (Å²) in [5.41, 5.74) is 0.758. The van der Waals surface area contributed by atoms with Crippen LogP contribution in [-0.2, 0) is 9.53 Å². The number of amides is 1. The average molecular weight is 317 g/mol. The van der Waals surface area contributed by atoms with Crippen LogP contribution in [0, 0.1) is 6.92 Å². The number of hydrogen-bond donors (Lipinski definition) is 1. The van der Waals surface area contributed by atoms with E-state index in [1.54, 1.807) is 30.2 Å². The zero-order chi connectivity index (χ0) is 16.2. The highest BCUT2D eigenvalue weighted by atomic mass is 16.5. The van der Waals surface area contributed by atoms with Crippen LogP contribution in [0.2, 0.25) is 0 Å². The third kappa shape index (κ3) is 3.65. The van der Waals surface area contributed by atoms with Gasteiger partial charge in [0.1, 0.15) is 11.9 Å². The number of aryl methyl sites for hydroxylation is 1. The third-order valence-electron chi connectivity index (χ3n) is 3.59. The highest BCUT2D eigenvalue weighted by Crippen LogP contribution is 2.19. The Hall–Kier alpha value is -2.48. The van der Waals surface area contributed by atoms with Crippen molar-refractivity contribution in [1.29, 1.82) is 0 Å². The molecule has 1 unspecified atom stereocenters. The summed E-state index contributed by atoms with van der Waals surface area (Å²) in [4.78, 5) is 22.6. The van der Waals surface area contributed by atoms with Gasteiger partial charge in [-0.1, -0.05) is 5.16 Å². The summed E-state index contributed by atoms with van der Waals surface area (Å²) < 4.78 is 10.4. The van der Waals surface area contributed by atoms with E-state index in [0.717, 1.165) is 5.56 Å². The summed E-state index contributed by atoms with van der Waals surface area (Å²) in [7, 11) is 0. The van der Waals surface area contributed by atoms with Gasteiger partial charge in [0.2, 0.25) is 5.91 Å². The molecule has 0 bridgehead atoms. The van der Waals surface area contributed by atoms with Crippen LogP contribution in [0.25, 0.3) is 11.5 Å². The maximum atomic E-state index is 12.4. The maximum Gasteiger partial charge on any atom is 0.258 e. The summed E-state index contributed by atoms with van der Waals surface area (Å²) in [5, 5.41) is 6.90. The fourth-order valence-electron chi connectivity index (χ4n) is 2.40. The molecule has 122 valence electrons. The van der Waals surface area contributed by atoms with E-state index >= 15 is 0 Å². The van der Waals surface area contributed by atoms with Gasteiger partial charge in [0.15, 0.2) is 5.82 Å². The molecule has 8 nitrogen and oxygen atoms in total. The molecule has 1 aliphatic heterocycles. The lowest BCUT2D eigenvalue weighted by Crippen LogP contribution is -2.47. The van der Waals surface area contributed by atoms with Crippen molar-refractivity contribution in [3.63, 3.8) is 0 Å². The molecule has 0 saturated carbocycles. The number of carbonyl (C=O) groups is 1. The fourth-order valence-corrected chi connectivity index (χ4v) is 2.40. The minimum atomic E-state index is -0.375. The number of aromatic nitrogens is 3. The first kappa shape index (κ1) is 15.4. The van der Waals surface area contributed by atoms with E-state index in [4.69, 9.17) is 9.26 Å². The number of carbonyl (C=O) groups excluding carboxylic acids is 1. The molecule has 0 aromatic carbocycles. The van der Waals surface area contributed by atoms with Crippen LogP contribution in [0.1, 0.15) is 12.7 Å². The summed E-state index contributed by atoms with van der Waals surface area (Å²) in [6.07, 6.45) is 1.64.